The second-order valence-corrected chi connectivity index (χ2v) is 7.24. The lowest BCUT2D eigenvalue weighted by Gasteiger charge is -2.21. The standard InChI is InChI=1S/C21H26N6O/c1-2-16-8-7-9-17(12-16)25-19(28)14-27-21-18(13-24-27)20(22-15-23-21)26-10-5-3-4-6-11-26/h7-9,12-13,15H,2-6,10-11,14H2,1H3,(H,25,28). The van der Waals surface area contributed by atoms with Gasteiger partial charge in [-0.2, -0.15) is 5.10 Å². The van der Waals surface area contributed by atoms with Crippen LogP contribution in [-0.4, -0.2) is 38.7 Å². The molecule has 0 spiro atoms. The lowest BCUT2D eigenvalue weighted by molar-refractivity contribution is -0.116. The first-order chi connectivity index (χ1) is 13.7. The van der Waals surface area contributed by atoms with Crippen molar-refractivity contribution >= 4 is 28.4 Å². The smallest absolute Gasteiger partial charge is 0.246 e. The summed E-state index contributed by atoms with van der Waals surface area (Å²) in [7, 11) is 0. The number of anilines is 2. The summed E-state index contributed by atoms with van der Waals surface area (Å²) in [5.74, 6) is 0.808. The summed E-state index contributed by atoms with van der Waals surface area (Å²) in [6, 6.07) is 7.91. The first-order valence-electron chi connectivity index (χ1n) is 10.0. The molecule has 1 saturated heterocycles. The quantitative estimate of drug-likeness (QED) is 0.736. The molecule has 146 valence electrons. The number of carbonyl (C=O) groups excluding carboxylic acids is 1. The van der Waals surface area contributed by atoms with Crippen LogP contribution in [0.3, 0.4) is 0 Å². The van der Waals surface area contributed by atoms with E-state index in [1.165, 1.54) is 31.2 Å². The number of nitrogens with one attached hydrogen (secondary N) is 1. The highest BCUT2D eigenvalue weighted by atomic mass is 16.2. The molecule has 0 unspecified atom stereocenters. The van der Waals surface area contributed by atoms with Gasteiger partial charge in [-0.05, 0) is 37.0 Å². The summed E-state index contributed by atoms with van der Waals surface area (Å²) in [6.45, 7) is 4.23. The third-order valence-electron chi connectivity index (χ3n) is 5.23. The molecule has 2 aromatic heterocycles. The second-order valence-electron chi connectivity index (χ2n) is 7.24. The van der Waals surface area contributed by atoms with Gasteiger partial charge in [-0.15, -0.1) is 0 Å². The maximum Gasteiger partial charge on any atom is 0.246 e. The van der Waals surface area contributed by atoms with E-state index < -0.39 is 0 Å². The van der Waals surface area contributed by atoms with Crippen LogP contribution >= 0.6 is 0 Å². The van der Waals surface area contributed by atoms with E-state index in [9.17, 15) is 4.79 Å². The van der Waals surface area contributed by atoms with Crippen molar-refractivity contribution in [2.24, 2.45) is 0 Å². The summed E-state index contributed by atoms with van der Waals surface area (Å²) in [6.07, 6.45) is 9.18. The molecule has 1 fully saturated rings. The lowest BCUT2D eigenvalue weighted by atomic mass is 10.1. The van der Waals surface area contributed by atoms with Gasteiger partial charge < -0.3 is 10.2 Å². The van der Waals surface area contributed by atoms with E-state index >= 15 is 0 Å². The van der Waals surface area contributed by atoms with Crippen LogP contribution in [-0.2, 0) is 17.8 Å². The van der Waals surface area contributed by atoms with Gasteiger partial charge in [0.1, 0.15) is 18.7 Å². The van der Waals surface area contributed by atoms with E-state index in [0.29, 0.717) is 5.65 Å². The Kier molecular flexibility index (Phi) is 5.50. The molecule has 3 aromatic rings. The fraction of sp³-hybridized carbons (Fsp3) is 0.429. The molecule has 1 aliphatic heterocycles. The molecule has 0 aliphatic carbocycles. The summed E-state index contributed by atoms with van der Waals surface area (Å²) < 4.78 is 1.65. The first-order valence-corrected chi connectivity index (χ1v) is 10.0. The second kappa shape index (κ2) is 8.37. The Bertz CT molecular complexity index is 958. The van der Waals surface area contributed by atoms with Crippen LogP contribution in [0.5, 0.6) is 0 Å². The molecular formula is C21H26N6O. The Morgan fingerprint density at radius 1 is 1.14 bits per heavy atom. The normalized spacial score (nSPS) is 14.8. The Morgan fingerprint density at radius 2 is 1.96 bits per heavy atom. The van der Waals surface area contributed by atoms with E-state index in [0.717, 1.165) is 36.4 Å². The number of rotatable bonds is 5. The van der Waals surface area contributed by atoms with Crippen molar-refractivity contribution in [2.75, 3.05) is 23.3 Å². The maximum absolute atomic E-state index is 12.5. The molecule has 0 saturated carbocycles. The van der Waals surface area contributed by atoms with Crippen molar-refractivity contribution in [1.29, 1.82) is 0 Å². The van der Waals surface area contributed by atoms with Gasteiger partial charge in [-0.25, -0.2) is 14.6 Å². The number of fused-ring (bicyclic) bond motifs is 1. The number of aryl methyl sites for hydroxylation is 1. The highest BCUT2D eigenvalue weighted by Gasteiger charge is 2.18. The molecule has 4 rings (SSSR count). The summed E-state index contributed by atoms with van der Waals surface area (Å²) in [5, 5.41) is 8.28. The zero-order chi connectivity index (χ0) is 19.3. The molecule has 0 atom stereocenters. The van der Waals surface area contributed by atoms with Crippen LogP contribution in [0, 0.1) is 0 Å². The van der Waals surface area contributed by atoms with Gasteiger partial charge in [0.2, 0.25) is 5.91 Å². The van der Waals surface area contributed by atoms with E-state index in [4.69, 9.17) is 0 Å². The minimum Gasteiger partial charge on any atom is -0.356 e. The Morgan fingerprint density at radius 3 is 2.75 bits per heavy atom. The molecule has 3 heterocycles. The highest BCUT2D eigenvalue weighted by Crippen LogP contribution is 2.25. The summed E-state index contributed by atoms with van der Waals surface area (Å²) in [4.78, 5) is 23.8. The average molecular weight is 378 g/mol. The minimum atomic E-state index is -0.117. The Hall–Kier alpha value is -2.96. The molecule has 1 aliphatic rings. The highest BCUT2D eigenvalue weighted by molar-refractivity contribution is 5.92. The van der Waals surface area contributed by atoms with E-state index in [1.54, 1.807) is 17.2 Å². The Labute approximate surface area is 164 Å². The summed E-state index contributed by atoms with van der Waals surface area (Å²) >= 11 is 0. The molecule has 0 radical (unpaired) electrons. The van der Waals surface area contributed by atoms with Crippen LogP contribution in [0.4, 0.5) is 11.5 Å². The number of hydrogen-bond donors (Lipinski definition) is 1. The number of benzene rings is 1. The number of aromatic nitrogens is 4. The number of nitrogens with zero attached hydrogens (tertiary/aromatic N) is 5. The molecule has 0 bridgehead atoms. The fourth-order valence-corrected chi connectivity index (χ4v) is 3.74. The Balaban J connectivity index is 1.52. The molecule has 7 heteroatoms. The van der Waals surface area contributed by atoms with Crippen LogP contribution in [0.1, 0.15) is 38.2 Å². The molecule has 7 nitrogen and oxygen atoms in total. The largest absolute Gasteiger partial charge is 0.356 e. The van der Waals surface area contributed by atoms with E-state index in [2.05, 4.69) is 38.3 Å². The predicted octanol–water partition coefficient (Wildman–Crippen LogP) is 3.41. The lowest BCUT2D eigenvalue weighted by Crippen LogP contribution is -2.25. The average Bonchev–Trinajstić information content (AvgIpc) is 2.93. The van der Waals surface area contributed by atoms with E-state index in [-0.39, 0.29) is 12.5 Å². The van der Waals surface area contributed by atoms with Gasteiger partial charge >= 0.3 is 0 Å². The number of carbonyl (C=O) groups is 1. The molecule has 1 aromatic carbocycles. The van der Waals surface area contributed by atoms with Gasteiger partial charge in [0.25, 0.3) is 0 Å². The van der Waals surface area contributed by atoms with E-state index in [1.807, 2.05) is 18.2 Å². The SMILES string of the molecule is CCc1cccc(NC(=O)Cn2ncc3c(N4CCCCCC4)ncnc32)c1. The number of hydrogen-bond acceptors (Lipinski definition) is 5. The topological polar surface area (TPSA) is 75.9 Å². The third-order valence-corrected chi connectivity index (χ3v) is 5.23. The minimum absolute atomic E-state index is 0.117. The predicted molar refractivity (Wildman–Crippen MR) is 110 cm³/mol. The van der Waals surface area contributed by atoms with Crippen LogP contribution in [0.2, 0.25) is 0 Å². The van der Waals surface area contributed by atoms with Gasteiger partial charge in [-0.1, -0.05) is 31.9 Å². The fourth-order valence-electron chi connectivity index (χ4n) is 3.74. The van der Waals surface area contributed by atoms with Crippen molar-refractivity contribution in [3.63, 3.8) is 0 Å². The van der Waals surface area contributed by atoms with Gasteiger partial charge in [0.15, 0.2) is 5.65 Å². The van der Waals surface area contributed by atoms with Crippen molar-refractivity contribution in [1.82, 2.24) is 19.7 Å². The van der Waals surface area contributed by atoms with Crippen molar-refractivity contribution in [3.05, 3.63) is 42.4 Å². The van der Waals surface area contributed by atoms with Gasteiger partial charge in [0.05, 0.1) is 11.6 Å². The van der Waals surface area contributed by atoms with Crippen LogP contribution in [0.25, 0.3) is 11.0 Å². The zero-order valence-corrected chi connectivity index (χ0v) is 16.3. The zero-order valence-electron chi connectivity index (χ0n) is 16.3. The van der Waals surface area contributed by atoms with Crippen molar-refractivity contribution < 1.29 is 4.79 Å². The van der Waals surface area contributed by atoms with Gasteiger partial charge in [-0.3, -0.25) is 4.79 Å². The molecule has 1 N–H and O–H groups in total. The van der Waals surface area contributed by atoms with Crippen molar-refractivity contribution in [2.45, 2.75) is 45.6 Å². The molecular weight excluding hydrogens is 352 g/mol. The maximum atomic E-state index is 12.5. The van der Waals surface area contributed by atoms with Crippen LogP contribution < -0.4 is 10.2 Å². The molecule has 1 amide bonds. The van der Waals surface area contributed by atoms with Crippen molar-refractivity contribution in [3.8, 4) is 0 Å². The molecule has 28 heavy (non-hydrogen) atoms. The van der Waals surface area contributed by atoms with Gasteiger partial charge in [0, 0.05) is 18.8 Å². The number of amides is 1. The third kappa shape index (κ3) is 3.98. The first kappa shape index (κ1) is 18.4. The monoisotopic (exact) mass is 378 g/mol. The summed E-state index contributed by atoms with van der Waals surface area (Å²) in [5.41, 5.74) is 2.70. The van der Waals surface area contributed by atoms with Crippen LogP contribution in [0.15, 0.2) is 36.8 Å².